The Morgan fingerprint density at radius 3 is 2.79 bits per heavy atom. The fourth-order valence-electron chi connectivity index (χ4n) is 3.49. The molecular weight excluding hydrogens is 473 g/mol. The molecule has 0 saturated carbocycles. The number of nitrogens with zero attached hydrogens (tertiary/aromatic N) is 6. The molecule has 178 valence electrons. The quantitative estimate of drug-likeness (QED) is 0.256. The zero-order chi connectivity index (χ0) is 24.1. The number of rotatable bonds is 10. The maximum atomic E-state index is 13.8. The van der Waals surface area contributed by atoms with Gasteiger partial charge in [-0.2, -0.15) is 0 Å². The number of carbonyl (C=O) groups excluding carboxylic acids is 1. The fourth-order valence-corrected chi connectivity index (χ4v) is 4.71. The topological polar surface area (TPSA) is 90.5 Å². The van der Waals surface area contributed by atoms with Crippen LogP contribution in [-0.2, 0) is 13.0 Å². The van der Waals surface area contributed by atoms with E-state index in [1.165, 1.54) is 28.2 Å². The lowest BCUT2D eigenvalue weighted by Crippen LogP contribution is -2.26. The summed E-state index contributed by atoms with van der Waals surface area (Å²) in [5, 5.41) is 18.7. The zero-order valence-corrected chi connectivity index (χ0v) is 20.9. The highest BCUT2D eigenvalue weighted by atomic mass is 32.2. The van der Waals surface area contributed by atoms with Gasteiger partial charge in [0.1, 0.15) is 11.6 Å². The molecule has 4 rings (SSSR count). The third-order valence-corrected chi connectivity index (χ3v) is 6.52. The standard InChI is InChI=1S/C23H26FN7OS2/c1-15(2)14-30-19(27-28-23(30)33-3)10-5-11-25-22(32)20-26-21(18-9-6-12-34-18)31(29-20)17-8-4-7-16(24)13-17/h4,6-9,12-13,15H,5,10-11,14H2,1-3H3,(H,25,32). The van der Waals surface area contributed by atoms with Crippen LogP contribution in [0.25, 0.3) is 16.4 Å². The van der Waals surface area contributed by atoms with Gasteiger partial charge in [0.15, 0.2) is 11.0 Å². The molecule has 3 aromatic heterocycles. The van der Waals surface area contributed by atoms with Crippen LogP contribution in [0.2, 0.25) is 0 Å². The number of aryl methyl sites for hydroxylation is 1. The van der Waals surface area contributed by atoms with E-state index in [0.717, 1.165) is 22.4 Å². The number of halogens is 1. The minimum Gasteiger partial charge on any atom is -0.349 e. The van der Waals surface area contributed by atoms with E-state index < -0.39 is 0 Å². The first kappa shape index (κ1) is 24.1. The van der Waals surface area contributed by atoms with Crippen LogP contribution in [0.5, 0.6) is 0 Å². The Hall–Kier alpha value is -3.05. The van der Waals surface area contributed by atoms with Crippen LogP contribution in [-0.4, -0.2) is 48.2 Å². The van der Waals surface area contributed by atoms with Gasteiger partial charge < -0.3 is 9.88 Å². The first-order chi connectivity index (χ1) is 16.5. The van der Waals surface area contributed by atoms with Gasteiger partial charge in [-0.05, 0) is 48.2 Å². The van der Waals surface area contributed by atoms with Crippen molar-refractivity contribution in [1.29, 1.82) is 0 Å². The van der Waals surface area contributed by atoms with Crippen molar-refractivity contribution >= 4 is 29.0 Å². The Morgan fingerprint density at radius 2 is 2.09 bits per heavy atom. The van der Waals surface area contributed by atoms with Gasteiger partial charge >= 0.3 is 0 Å². The summed E-state index contributed by atoms with van der Waals surface area (Å²) in [7, 11) is 0. The molecule has 0 aliphatic carbocycles. The van der Waals surface area contributed by atoms with Crippen molar-refractivity contribution in [3.63, 3.8) is 0 Å². The molecule has 8 nitrogen and oxygen atoms in total. The largest absolute Gasteiger partial charge is 0.349 e. The van der Waals surface area contributed by atoms with Crippen molar-refractivity contribution in [1.82, 2.24) is 34.8 Å². The van der Waals surface area contributed by atoms with Crippen molar-refractivity contribution < 1.29 is 9.18 Å². The number of carbonyl (C=O) groups is 1. The zero-order valence-electron chi connectivity index (χ0n) is 19.2. The fraction of sp³-hybridized carbons (Fsp3) is 0.348. The summed E-state index contributed by atoms with van der Waals surface area (Å²) in [6, 6.07) is 9.84. The smallest absolute Gasteiger partial charge is 0.290 e. The summed E-state index contributed by atoms with van der Waals surface area (Å²) in [6.07, 6.45) is 3.40. The van der Waals surface area contributed by atoms with Crippen LogP contribution < -0.4 is 5.32 Å². The Morgan fingerprint density at radius 1 is 1.24 bits per heavy atom. The summed E-state index contributed by atoms with van der Waals surface area (Å²) in [5.74, 6) is 1.18. The Labute approximate surface area is 205 Å². The molecule has 0 bridgehead atoms. The van der Waals surface area contributed by atoms with E-state index in [2.05, 4.69) is 44.0 Å². The highest BCUT2D eigenvalue weighted by Crippen LogP contribution is 2.26. The van der Waals surface area contributed by atoms with Crippen LogP contribution in [0.1, 0.15) is 36.7 Å². The number of aromatic nitrogens is 6. The van der Waals surface area contributed by atoms with Gasteiger partial charge in [-0.15, -0.1) is 26.6 Å². The molecule has 0 aliphatic rings. The van der Waals surface area contributed by atoms with E-state index in [4.69, 9.17) is 0 Å². The van der Waals surface area contributed by atoms with Gasteiger partial charge in [0.2, 0.25) is 5.82 Å². The van der Waals surface area contributed by atoms with Gasteiger partial charge in [-0.1, -0.05) is 37.7 Å². The molecule has 0 aliphatic heterocycles. The number of thiophene rings is 1. The van der Waals surface area contributed by atoms with Crippen LogP contribution in [0.15, 0.2) is 46.9 Å². The van der Waals surface area contributed by atoms with Gasteiger partial charge in [0.05, 0.1) is 10.6 Å². The van der Waals surface area contributed by atoms with Crippen molar-refractivity contribution in [2.75, 3.05) is 12.8 Å². The summed E-state index contributed by atoms with van der Waals surface area (Å²) in [4.78, 5) is 18.1. The third-order valence-electron chi connectivity index (χ3n) is 4.99. The van der Waals surface area contributed by atoms with Crippen LogP contribution >= 0.6 is 23.1 Å². The Bertz CT molecular complexity index is 1250. The molecule has 1 N–H and O–H groups in total. The molecule has 1 amide bonds. The minimum atomic E-state index is -0.383. The van der Waals surface area contributed by atoms with E-state index in [1.54, 1.807) is 23.9 Å². The normalized spacial score (nSPS) is 11.3. The lowest BCUT2D eigenvalue weighted by Gasteiger charge is -2.11. The molecule has 1 aromatic carbocycles. The summed E-state index contributed by atoms with van der Waals surface area (Å²) in [6.45, 7) is 5.63. The highest BCUT2D eigenvalue weighted by molar-refractivity contribution is 7.98. The first-order valence-electron chi connectivity index (χ1n) is 11.0. The van der Waals surface area contributed by atoms with Crippen molar-refractivity contribution in [2.45, 2.75) is 38.4 Å². The molecule has 0 fully saturated rings. The summed E-state index contributed by atoms with van der Waals surface area (Å²) in [5.41, 5.74) is 0.504. The van der Waals surface area contributed by atoms with Crippen molar-refractivity contribution in [2.24, 2.45) is 5.92 Å². The van der Waals surface area contributed by atoms with Crippen molar-refractivity contribution in [3.05, 3.63) is 59.2 Å². The highest BCUT2D eigenvalue weighted by Gasteiger charge is 2.20. The molecular formula is C23H26FN7OS2. The van der Waals surface area contributed by atoms with E-state index >= 15 is 0 Å². The average Bonchev–Trinajstić information content (AvgIpc) is 3.56. The van der Waals surface area contributed by atoms with Crippen LogP contribution in [0.3, 0.4) is 0 Å². The maximum absolute atomic E-state index is 13.8. The number of thioether (sulfide) groups is 1. The van der Waals surface area contributed by atoms with Gasteiger partial charge in [-0.3, -0.25) is 4.79 Å². The number of hydrogen-bond donors (Lipinski definition) is 1. The molecule has 0 spiro atoms. The van der Waals surface area contributed by atoms with Crippen LogP contribution in [0.4, 0.5) is 4.39 Å². The second-order valence-electron chi connectivity index (χ2n) is 8.09. The Balaban J connectivity index is 1.44. The maximum Gasteiger partial charge on any atom is 0.290 e. The molecule has 11 heteroatoms. The molecule has 0 radical (unpaired) electrons. The predicted octanol–water partition coefficient (Wildman–Crippen LogP) is 4.47. The Kier molecular flexibility index (Phi) is 7.73. The van der Waals surface area contributed by atoms with Gasteiger partial charge in [0.25, 0.3) is 5.91 Å². The minimum absolute atomic E-state index is 0.0419. The van der Waals surface area contributed by atoms with E-state index in [1.807, 2.05) is 23.8 Å². The predicted molar refractivity (Wildman–Crippen MR) is 132 cm³/mol. The number of benzene rings is 1. The van der Waals surface area contributed by atoms with E-state index in [0.29, 0.717) is 36.8 Å². The number of amides is 1. The number of nitrogens with one attached hydrogen (secondary N) is 1. The average molecular weight is 500 g/mol. The second-order valence-corrected chi connectivity index (χ2v) is 9.82. The molecule has 3 heterocycles. The SMILES string of the molecule is CSc1nnc(CCCNC(=O)c2nc(-c3cccs3)n(-c3cccc(F)c3)n2)n1CC(C)C. The monoisotopic (exact) mass is 499 g/mol. The molecule has 4 aromatic rings. The molecule has 0 unspecified atom stereocenters. The first-order valence-corrected chi connectivity index (χ1v) is 13.1. The van der Waals surface area contributed by atoms with E-state index in [-0.39, 0.29) is 17.5 Å². The van der Waals surface area contributed by atoms with Crippen molar-refractivity contribution in [3.8, 4) is 16.4 Å². The second kappa shape index (κ2) is 10.9. The number of hydrogen-bond acceptors (Lipinski definition) is 7. The van der Waals surface area contributed by atoms with Gasteiger partial charge in [-0.25, -0.2) is 14.1 Å². The third kappa shape index (κ3) is 5.53. The molecule has 0 atom stereocenters. The lowest BCUT2D eigenvalue weighted by molar-refractivity contribution is 0.0943. The molecule has 0 saturated heterocycles. The van der Waals surface area contributed by atoms with E-state index in [9.17, 15) is 9.18 Å². The molecule has 34 heavy (non-hydrogen) atoms. The van der Waals surface area contributed by atoms with Gasteiger partial charge in [0, 0.05) is 19.5 Å². The summed E-state index contributed by atoms with van der Waals surface area (Å²) >= 11 is 3.06. The lowest BCUT2D eigenvalue weighted by atomic mass is 10.2. The van der Waals surface area contributed by atoms with Crippen LogP contribution in [0, 0.1) is 11.7 Å². The summed E-state index contributed by atoms with van der Waals surface area (Å²) < 4.78 is 17.5.